The molecule has 1 atom stereocenters. The van der Waals surface area contributed by atoms with E-state index < -0.39 is 0 Å². The summed E-state index contributed by atoms with van der Waals surface area (Å²) in [6.07, 6.45) is 5.90. The zero-order chi connectivity index (χ0) is 36.9. The summed E-state index contributed by atoms with van der Waals surface area (Å²) in [6.45, 7) is 6.58. The van der Waals surface area contributed by atoms with E-state index in [4.69, 9.17) is 20.0 Å². The number of aliphatic imine (C=N–C) groups is 2. The van der Waals surface area contributed by atoms with Gasteiger partial charge < -0.3 is 5.32 Å². The van der Waals surface area contributed by atoms with Crippen molar-refractivity contribution in [2.45, 2.75) is 6.92 Å². The molecule has 54 heavy (non-hydrogen) atoms. The lowest BCUT2D eigenvalue weighted by Crippen LogP contribution is -2.22. The van der Waals surface area contributed by atoms with Crippen LogP contribution in [0.2, 0.25) is 0 Å². The maximum atomic E-state index is 5.31. The molecule has 0 spiro atoms. The molecule has 0 amide bonds. The molecule has 262 valence electrons. The first kappa shape index (κ1) is 34.6. The van der Waals surface area contributed by atoms with Gasteiger partial charge in [-0.1, -0.05) is 141 Å². The summed E-state index contributed by atoms with van der Waals surface area (Å²) in [5.74, 6) is 2.31. The second kappa shape index (κ2) is 15.6. The minimum Gasteiger partial charge on any atom is -0.373 e. The molecular weight excluding hydrogens is 679 g/mol. The van der Waals surface area contributed by atoms with Crippen LogP contribution in [0.1, 0.15) is 18.1 Å². The number of amidine groups is 2. The first-order valence-corrected chi connectivity index (χ1v) is 19.0. The van der Waals surface area contributed by atoms with Crippen molar-refractivity contribution < 1.29 is 0 Å². The van der Waals surface area contributed by atoms with E-state index in [1.54, 1.807) is 17.4 Å². The summed E-state index contributed by atoms with van der Waals surface area (Å²) in [5, 5.41) is 6.66. The Morgan fingerprint density at radius 2 is 1.46 bits per heavy atom. The van der Waals surface area contributed by atoms with E-state index >= 15 is 0 Å². The minimum atomic E-state index is 0.196. The highest BCUT2D eigenvalue weighted by Gasteiger charge is 2.18. The number of rotatable bonds is 9. The molecule has 6 heteroatoms. The number of fused-ring (bicyclic) bond motifs is 4. The number of thiophene rings is 1. The fourth-order valence-electron chi connectivity index (χ4n) is 6.76. The van der Waals surface area contributed by atoms with Gasteiger partial charge in [0.1, 0.15) is 5.84 Å². The third-order valence-corrected chi connectivity index (χ3v) is 10.6. The maximum Gasteiger partial charge on any atom is 0.160 e. The van der Waals surface area contributed by atoms with Gasteiger partial charge in [0.25, 0.3) is 0 Å². The van der Waals surface area contributed by atoms with Crippen LogP contribution in [-0.4, -0.2) is 35.2 Å². The highest BCUT2D eigenvalue weighted by atomic mass is 32.1. The van der Waals surface area contributed by atoms with Gasteiger partial charge in [-0.25, -0.2) is 15.0 Å². The Kier molecular flexibility index (Phi) is 10.0. The van der Waals surface area contributed by atoms with E-state index in [9.17, 15) is 0 Å². The van der Waals surface area contributed by atoms with E-state index in [-0.39, 0.29) is 5.92 Å². The molecule has 0 saturated carbocycles. The Bertz CT molecular complexity index is 2710. The van der Waals surface area contributed by atoms with Crippen molar-refractivity contribution in [3.63, 3.8) is 0 Å². The van der Waals surface area contributed by atoms with Crippen molar-refractivity contribution in [3.05, 3.63) is 182 Å². The van der Waals surface area contributed by atoms with Gasteiger partial charge in [-0.05, 0) is 53.4 Å². The summed E-state index contributed by atoms with van der Waals surface area (Å²) in [7, 11) is 1.92. The number of para-hydroxylation sites is 1. The zero-order valence-corrected chi connectivity index (χ0v) is 31.1. The van der Waals surface area contributed by atoms with Gasteiger partial charge in [0, 0.05) is 61.4 Å². The number of nitrogens with zero attached hydrogens (tertiary/aromatic N) is 4. The molecule has 0 aliphatic rings. The lowest BCUT2D eigenvalue weighted by atomic mass is 10.0. The molecule has 6 aromatic carbocycles. The fraction of sp³-hybridized carbons (Fsp3) is 0.0833. The van der Waals surface area contributed by atoms with Gasteiger partial charge in [-0.2, -0.15) is 0 Å². The molecule has 0 fully saturated rings. The van der Waals surface area contributed by atoms with Crippen LogP contribution in [0.4, 0.5) is 0 Å². The molecule has 0 aliphatic heterocycles. The van der Waals surface area contributed by atoms with Gasteiger partial charge in [0.15, 0.2) is 11.7 Å². The molecular formula is C48H39N5S. The summed E-state index contributed by atoms with van der Waals surface area (Å²) < 4.78 is 2.35. The molecule has 0 radical (unpaired) electrons. The molecule has 8 rings (SSSR count). The number of hydrogen-bond donors (Lipinski definition) is 1. The van der Waals surface area contributed by atoms with Gasteiger partial charge in [-0.15, -0.1) is 11.3 Å². The average molecular weight is 718 g/mol. The van der Waals surface area contributed by atoms with Crippen LogP contribution >= 0.6 is 11.3 Å². The zero-order valence-electron chi connectivity index (χ0n) is 30.3. The van der Waals surface area contributed by atoms with Crippen LogP contribution in [0.5, 0.6) is 0 Å². The first-order valence-electron chi connectivity index (χ1n) is 18.1. The molecule has 5 nitrogen and oxygen atoms in total. The SMILES string of the molecule is C=C/C=C\C(C)C/N=C(\N=C(/NC)c1cccc(-c2ccccc2)c1)c1cccc2sc3ccc(-c4nc(-c5ccccc5)c5ccccc5n4)cc3c12. The Labute approximate surface area is 319 Å². The molecule has 0 saturated heterocycles. The lowest BCUT2D eigenvalue weighted by molar-refractivity contribution is 0.741. The Hall–Kier alpha value is -6.50. The predicted molar refractivity (Wildman–Crippen MR) is 231 cm³/mol. The van der Waals surface area contributed by atoms with Crippen LogP contribution in [0, 0.1) is 5.92 Å². The third kappa shape index (κ3) is 7.12. The normalized spacial score (nSPS) is 12.9. The third-order valence-electron chi connectivity index (χ3n) is 9.45. The predicted octanol–water partition coefficient (Wildman–Crippen LogP) is 11.8. The standard InChI is InChI=1S/C48H39N5S/c1-4-5-16-32(2)31-50-48(53-46(49-3)36-22-14-21-35(29-36)33-17-8-6-9-18-33)39-24-15-26-43-44(39)40-30-37(27-28-42(40)54-43)47-51-41-25-13-12-23-38(41)45(52-47)34-19-10-7-11-20-34/h4-30,32H,1,31H2,2-3H3,(H,49,50,53)/b16-5-. The Morgan fingerprint density at radius 1 is 0.722 bits per heavy atom. The quantitative estimate of drug-likeness (QED) is 0.0918. The van der Waals surface area contributed by atoms with E-state index in [0.29, 0.717) is 18.2 Å². The Balaban J connectivity index is 1.29. The molecule has 8 aromatic rings. The lowest BCUT2D eigenvalue weighted by Gasteiger charge is -2.12. The smallest absolute Gasteiger partial charge is 0.160 e. The van der Waals surface area contributed by atoms with Crippen molar-refractivity contribution in [2.75, 3.05) is 13.6 Å². The molecule has 1 N–H and O–H groups in total. The largest absolute Gasteiger partial charge is 0.373 e. The van der Waals surface area contributed by atoms with Gasteiger partial charge in [-0.3, -0.25) is 4.99 Å². The van der Waals surface area contributed by atoms with E-state index in [1.807, 2.05) is 37.4 Å². The highest BCUT2D eigenvalue weighted by molar-refractivity contribution is 7.25. The van der Waals surface area contributed by atoms with Crippen LogP contribution in [0.3, 0.4) is 0 Å². The number of benzene rings is 6. The van der Waals surface area contributed by atoms with Crippen molar-refractivity contribution >= 4 is 54.1 Å². The maximum absolute atomic E-state index is 5.31. The van der Waals surface area contributed by atoms with E-state index in [2.05, 4.69) is 146 Å². The van der Waals surface area contributed by atoms with Gasteiger partial charge >= 0.3 is 0 Å². The summed E-state index contributed by atoms with van der Waals surface area (Å²) >= 11 is 1.77. The second-order valence-electron chi connectivity index (χ2n) is 13.2. The molecule has 2 heterocycles. The Morgan fingerprint density at radius 3 is 2.26 bits per heavy atom. The molecule has 1 unspecified atom stereocenters. The highest BCUT2D eigenvalue weighted by Crippen LogP contribution is 2.39. The number of hydrogen-bond acceptors (Lipinski definition) is 4. The van der Waals surface area contributed by atoms with Gasteiger partial charge in [0.2, 0.25) is 0 Å². The number of aromatic nitrogens is 2. The van der Waals surface area contributed by atoms with Crippen LogP contribution in [-0.2, 0) is 0 Å². The van der Waals surface area contributed by atoms with Crippen molar-refractivity contribution in [2.24, 2.45) is 15.9 Å². The first-order chi connectivity index (χ1) is 26.6. The summed E-state index contributed by atoms with van der Waals surface area (Å²) in [5.41, 5.74) is 8.10. The molecule has 0 bridgehead atoms. The average Bonchev–Trinajstić information content (AvgIpc) is 3.62. The van der Waals surface area contributed by atoms with E-state index in [0.717, 1.165) is 66.6 Å². The second-order valence-corrected chi connectivity index (χ2v) is 14.3. The van der Waals surface area contributed by atoms with Gasteiger partial charge in [0.05, 0.1) is 11.2 Å². The number of allylic oxidation sites excluding steroid dienone is 2. The minimum absolute atomic E-state index is 0.196. The molecule has 2 aromatic heterocycles. The topological polar surface area (TPSA) is 62.5 Å². The molecule has 0 aliphatic carbocycles. The van der Waals surface area contributed by atoms with E-state index in [1.165, 1.54) is 9.40 Å². The summed E-state index contributed by atoms with van der Waals surface area (Å²) in [4.78, 5) is 20.8. The number of nitrogens with one attached hydrogen (secondary N) is 1. The van der Waals surface area contributed by atoms with Crippen LogP contribution in [0.25, 0.3) is 64.8 Å². The van der Waals surface area contributed by atoms with Crippen molar-refractivity contribution in [1.82, 2.24) is 15.3 Å². The van der Waals surface area contributed by atoms with Crippen LogP contribution in [0.15, 0.2) is 180 Å². The monoisotopic (exact) mass is 717 g/mol. The fourth-order valence-corrected chi connectivity index (χ4v) is 7.87. The van der Waals surface area contributed by atoms with Crippen molar-refractivity contribution in [1.29, 1.82) is 0 Å². The summed E-state index contributed by atoms with van der Waals surface area (Å²) in [6, 6.07) is 50.5. The van der Waals surface area contributed by atoms with Crippen LogP contribution < -0.4 is 5.32 Å². The van der Waals surface area contributed by atoms with Crippen molar-refractivity contribution in [3.8, 4) is 33.8 Å².